The lowest BCUT2D eigenvalue weighted by atomic mass is 10.2. The van der Waals surface area contributed by atoms with Crippen LogP contribution in [0.3, 0.4) is 0 Å². The first-order chi connectivity index (χ1) is 14.1. The second kappa shape index (κ2) is 9.11. The summed E-state index contributed by atoms with van der Waals surface area (Å²) in [6.45, 7) is 0. The number of para-hydroxylation sites is 1. The molecule has 150 valence electrons. The Morgan fingerprint density at radius 2 is 1.83 bits per heavy atom. The molecule has 0 atom stereocenters. The summed E-state index contributed by atoms with van der Waals surface area (Å²) in [5, 5.41) is 8.24. The van der Waals surface area contributed by atoms with Gasteiger partial charge in [0.05, 0.1) is 39.4 Å². The zero-order chi connectivity index (χ0) is 20.8. The Morgan fingerprint density at radius 3 is 2.48 bits per heavy atom. The summed E-state index contributed by atoms with van der Waals surface area (Å²) < 4.78 is 16.9. The highest BCUT2D eigenvalue weighted by Gasteiger charge is 2.11. The summed E-state index contributed by atoms with van der Waals surface area (Å²) in [5.41, 5.74) is 3.79. The first kappa shape index (κ1) is 20.2. The summed E-state index contributed by atoms with van der Waals surface area (Å²) in [5.74, 6) is 1.80. The molecule has 0 bridgehead atoms. The Hall–Kier alpha value is -3.52. The van der Waals surface area contributed by atoms with Gasteiger partial charge >= 0.3 is 0 Å². The molecule has 3 aromatic rings. The van der Waals surface area contributed by atoms with E-state index in [1.54, 1.807) is 51.7 Å². The molecule has 1 heterocycles. The predicted octanol–water partition coefficient (Wildman–Crippen LogP) is 3.36. The lowest BCUT2D eigenvalue weighted by Gasteiger charge is -2.10. The topological polar surface area (TPSA) is 87.0 Å². The largest absolute Gasteiger partial charge is 0.497 e. The number of nitrogens with one attached hydrogen (secondary N) is 1. The van der Waals surface area contributed by atoms with Crippen molar-refractivity contribution in [3.63, 3.8) is 0 Å². The van der Waals surface area contributed by atoms with E-state index >= 15 is 0 Å². The molecule has 0 fully saturated rings. The Morgan fingerprint density at radius 1 is 1.07 bits per heavy atom. The van der Waals surface area contributed by atoms with Crippen LogP contribution in [0.2, 0.25) is 5.02 Å². The molecule has 0 radical (unpaired) electrons. The van der Waals surface area contributed by atoms with Gasteiger partial charge in [-0.25, -0.2) is 0 Å². The number of halogens is 1. The molecule has 0 saturated carbocycles. The number of hydrazone groups is 1. The van der Waals surface area contributed by atoms with Crippen LogP contribution in [-0.4, -0.2) is 37.3 Å². The smallest absolute Gasteiger partial charge is 0.292 e. The third-order valence-corrected chi connectivity index (χ3v) is 4.42. The number of benzene rings is 2. The molecule has 0 saturated heterocycles. The summed E-state index contributed by atoms with van der Waals surface area (Å²) in [7, 11) is 4.67. The van der Waals surface area contributed by atoms with Crippen molar-refractivity contribution < 1.29 is 14.2 Å². The van der Waals surface area contributed by atoms with Crippen molar-refractivity contribution in [1.29, 1.82) is 0 Å². The van der Waals surface area contributed by atoms with Crippen molar-refractivity contribution in [3.8, 4) is 22.9 Å². The van der Waals surface area contributed by atoms with Crippen LogP contribution in [0.15, 0.2) is 58.6 Å². The van der Waals surface area contributed by atoms with Gasteiger partial charge in [-0.15, -0.1) is 0 Å². The molecule has 0 amide bonds. The second-order valence-corrected chi connectivity index (χ2v) is 6.12. The molecule has 0 spiro atoms. The zero-order valence-corrected chi connectivity index (χ0v) is 16.8. The molecule has 8 nitrogen and oxygen atoms in total. The quantitative estimate of drug-likeness (QED) is 0.471. The number of ether oxygens (including phenoxy) is 3. The zero-order valence-electron chi connectivity index (χ0n) is 16.0. The maximum absolute atomic E-state index is 12.6. The Labute approximate surface area is 172 Å². The molecule has 0 aliphatic carbocycles. The van der Waals surface area contributed by atoms with E-state index in [9.17, 15) is 4.79 Å². The van der Waals surface area contributed by atoms with Crippen molar-refractivity contribution in [2.24, 2.45) is 5.10 Å². The molecule has 0 aliphatic heterocycles. The highest BCUT2D eigenvalue weighted by molar-refractivity contribution is 6.32. The number of methoxy groups -OCH3 is 3. The van der Waals surface area contributed by atoms with Gasteiger partial charge in [0.25, 0.3) is 5.56 Å². The molecule has 0 aliphatic rings. The highest BCUT2D eigenvalue weighted by atomic mass is 35.5. The summed E-state index contributed by atoms with van der Waals surface area (Å²) in [6, 6.07) is 12.3. The van der Waals surface area contributed by atoms with Gasteiger partial charge in [0.2, 0.25) is 0 Å². The SMILES string of the molecule is COc1ccc(-n2ncc(N/N=C\c3cccc(OC)c3OC)c(Cl)c2=O)cc1. The van der Waals surface area contributed by atoms with Gasteiger partial charge in [0, 0.05) is 5.56 Å². The van der Waals surface area contributed by atoms with E-state index in [0.717, 1.165) is 0 Å². The predicted molar refractivity (Wildman–Crippen MR) is 112 cm³/mol. The number of nitrogens with zero attached hydrogens (tertiary/aromatic N) is 3. The average Bonchev–Trinajstić information content (AvgIpc) is 2.76. The van der Waals surface area contributed by atoms with Crippen LogP contribution < -0.4 is 25.2 Å². The average molecular weight is 415 g/mol. The van der Waals surface area contributed by atoms with Crippen LogP contribution in [0.1, 0.15) is 5.56 Å². The van der Waals surface area contributed by atoms with Crippen molar-refractivity contribution in [3.05, 3.63) is 69.6 Å². The summed E-state index contributed by atoms with van der Waals surface area (Å²) in [4.78, 5) is 12.6. The van der Waals surface area contributed by atoms with Gasteiger partial charge in [0.15, 0.2) is 11.5 Å². The van der Waals surface area contributed by atoms with Gasteiger partial charge < -0.3 is 14.2 Å². The van der Waals surface area contributed by atoms with Crippen molar-refractivity contribution in [2.45, 2.75) is 0 Å². The molecular weight excluding hydrogens is 396 g/mol. The van der Waals surface area contributed by atoms with Gasteiger partial charge in [-0.2, -0.15) is 14.9 Å². The first-order valence-electron chi connectivity index (χ1n) is 8.51. The van der Waals surface area contributed by atoms with E-state index in [-0.39, 0.29) is 10.7 Å². The summed E-state index contributed by atoms with van der Waals surface area (Å²) in [6.07, 6.45) is 2.96. The lowest BCUT2D eigenvalue weighted by molar-refractivity contribution is 0.354. The van der Waals surface area contributed by atoms with Crippen LogP contribution in [-0.2, 0) is 0 Å². The molecule has 1 N–H and O–H groups in total. The summed E-state index contributed by atoms with van der Waals surface area (Å²) >= 11 is 6.22. The lowest BCUT2D eigenvalue weighted by Crippen LogP contribution is -2.22. The van der Waals surface area contributed by atoms with Gasteiger partial charge in [-0.05, 0) is 36.4 Å². The van der Waals surface area contributed by atoms with Crippen molar-refractivity contribution >= 4 is 23.5 Å². The van der Waals surface area contributed by atoms with E-state index in [1.165, 1.54) is 17.1 Å². The van der Waals surface area contributed by atoms with E-state index in [2.05, 4.69) is 15.6 Å². The number of aromatic nitrogens is 2. The van der Waals surface area contributed by atoms with Crippen molar-refractivity contribution in [2.75, 3.05) is 26.8 Å². The fraction of sp³-hybridized carbons (Fsp3) is 0.150. The molecule has 1 aromatic heterocycles. The maximum Gasteiger partial charge on any atom is 0.292 e. The fourth-order valence-electron chi connectivity index (χ4n) is 2.60. The number of hydrogen-bond donors (Lipinski definition) is 1. The van der Waals surface area contributed by atoms with Gasteiger partial charge in [0.1, 0.15) is 16.5 Å². The third-order valence-electron chi connectivity index (χ3n) is 4.06. The van der Waals surface area contributed by atoms with Gasteiger partial charge in [-0.1, -0.05) is 17.7 Å². The molecule has 29 heavy (non-hydrogen) atoms. The number of anilines is 1. The van der Waals surface area contributed by atoms with Crippen LogP contribution in [0.25, 0.3) is 5.69 Å². The molecule has 0 unspecified atom stereocenters. The second-order valence-electron chi connectivity index (χ2n) is 5.74. The normalized spacial score (nSPS) is 10.8. The molecule has 9 heteroatoms. The van der Waals surface area contributed by atoms with Crippen LogP contribution >= 0.6 is 11.6 Å². The molecule has 3 rings (SSSR count). The monoisotopic (exact) mass is 414 g/mol. The number of hydrogen-bond acceptors (Lipinski definition) is 7. The van der Waals surface area contributed by atoms with Crippen LogP contribution in [0.5, 0.6) is 17.2 Å². The van der Waals surface area contributed by atoms with E-state index in [1.807, 2.05) is 12.1 Å². The minimum Gasteiger partial charge on any atom is -0.497 e. The van der Waals surface area contributed by atoms with E-state index in [4.69, 9.17) is 25.8 Å². The fourth-order valence-corrected chi connectivity index (χ4v) is 2.77. The Kier molecular flexibility index (Phi) is 6.36. The Balaban J connectivity index is 1.83. The first-order valence-corrected chi connectivity index (χ1v) is 8.89. The maximum atomic E-state index is 12.6. The minimum atomic E-state index is -0.476. The molecule has 2 aromatic carbocycles. The minimum absolute atomic E-state index is 0.0365. The van der Waals surface area contributed by atoms with E-state index < -0.39 is 5.56 Å². The number of rotatable bonds is 7. The highest BCUT2D eigenvalue weighted by Crippen LogP contribution is 2.29. The standard InChI is InChI=1S/C20H19ClN4O4/c1-27-15-9-7-14(8-10-15)25-20(26)18(21)16(12-23-25)24-22-11-13-5-4-6-17(28-2)19(13)29-3/h4-12,24H,1-3H3/b22-11-. The van der Waals surface area contributed by atoms with E-state index in [0.29, 0.717) is 28.5 Å². The van der Waals surface area contributed by atoms with Gasteiger partial charge in [-0.3, -0.25) is 10.2 Å². The Bertz CT molecular complexity index is 1080. The van der Waals surface area contributed by atoms with Crippen LogP contribution in [0, 0.1) is 0 Å². The molecular formula is C20H19ClN4O4. The van der Waals surface area contributed by atoms with Crippen molar-refractivity contribution in [1.82, 2.24) is 9.78 Å². The third kappa shape index (κ3) is 4.33. The van der Waals surface area contributed by atoms with Crippen LogP contribution in [0.4, 0.5) is 5.69 Å².